The van der Waals surface area contributed by atoms with E-state index in [9.17, 15) is 8.42 Å². The van der Waals surface area contributed by atoms with E-state index in [0.29, 0.717) is 11.0 Å². The molecule has 0 saturated heterocycles. The number of benzene rings is 2. The number of hydrogen-bond donors (Lipinski definition) is 1. The van der Waals surface area contributed by atoms with Crippen molar-refractivity contribution in [3.05, 3.63) is 60.2 Å². The van der Waals surface area contributed by atoms with E-state index in [1.54, 1.807) is 6.92 Å². The van der Waals surface area contributed by atoms with Gasteiger partial charge in [-0.05, 0) is 36.8 Å². The second kappa shape index (κ2) is 7.44. The monoisotopic (exact) mass is 398 g/mol. The van der Waals surface area contributed by atoms with E-state index in [1.165, 1.54) is 36.2 Å². The van der Waals surface area contributed by atoms with Gasteiger partial charge in [0.15, 0.2) is 5.13 Å². The minimum absolute atomic E-state index is 0.0265. The topological polar surface area (TPSA) is 59.1 Å². The first-order valence-electron chi connectivity index (χ1n) is 9.23. The summed E-state index contributed by atoms with van der Waals surface area (Å²) in [6.07, 6.45) is 3.86. The Hall–Kier alpha value is -2.18. The number of nitrogens with zero attached hydrogens (tertiary/aromatic N) is 1. The molecule has 1 saturated carbocycles. The molecule has 6 heteroatoms. The molecule has 1 N–H and O–H groups in total. The van der Waals surface area contributed by atoms with Gasteiger partial charge in [0.25, 0.3) is 0 Å². The van der Waals surface area contributed by atoms with Gasteiger partial charge < -0.3 is 0 Å². The predicted octanol–water partition coefficient (Wildman–Crippen LogP) is 5.51. The molecule has 140 valence electrons. The molecule has 27 heavy (non-hydrogen) atoms. The SMILES string of the molecule is CCS(=O)(=O)Nc1nc(-c2ccc(C3CCC3)cc2)c(-c2ccccc2)s1. The molecule has 0 aliphatic heterocycles. The normalized spacial score (nSPS) is 14.7. The number of sulfonamides is 1. The van der Waals surface area contributed by atoms with Crippen molar-refractivity contribution in [2.45, 2.75) is 32.1 Å². The van der Waals surface area contributed by atoms with E-state index in [0.717, 1.165) is 21.7 Å². The minimum atomic E-state index is -3.36. The van der Waals surface area contributed by atoms with Crippen molar-refractivity contribution in [2.24, 2.45) is 0 Å². The van der Waals surface area contributed by atoms with Crippen molar-refractivity contribution < 1.29 is 8.42 Å². The first-order chi connectivity index (χ1) is 13.1. The highest BCUT2D eigenvalue weighted by atomic mass is 32.2. The number of aromatic nitrogens is 1. The maximum Gasteiger partial charge on any atom is 0.234 e. The highest BCUT2D eigenvalue weighted by molar-refractivity contribution is 7.92. The zero-order chi connectivity index (χ0) is 18.9. The van der Waals surface area contributed by atoms with Crippen LogP contribution in [0.5, 0.6) is 0 Å². The van der Waals surface area contributed by atoms with Crippen LogP contribution in [0.4, 0.5) is 5.13 Å². The van der Waals surface area contributed by atoms with Crippen molar-refractivity contribution in [3.63, 3.8) is 0 Å². The van der Waals surface area contributed by atoms with E-state index >= 15 is 0 Å². The fourth-order valence-electron chi connectivity index (χ4n) is 3.20. The number of thiazole rings is 1. The van der Waals surface area contributed by atoms with Crippen LogP contribution in [0.2, 0.25) is 0 Å². The van der Waals surface area contributed by atoms with E-state index in [1.807, 2.05) is 30.3 Å². The first-order valence-corrected chi connectivity index (χ1v) is 11.7. The Balaban J connectivity index is 1.74. The largest absolute Gasteiger partial charge is 0.259 e. The lowest BCUT2D eigenvalue weighted by molar-refractivity contribution is 0.420. The third-order valence-corrected chi connectivity index (χ3v) is 7.46. The first kappa shape index (κ1) is 18.2. The van der Waals surface area contributed by atoms with Gasteiger partial charge >= 0.3 is 0 Å². The number of anilines is 1. The zero-order valence-corrected chi connectivity index (χ0v) is 16.8. The van der Waals surface area contributed by atoms with Gasteiger partial charge in [0.2, 0.25) is 10.0 Å². The van der Waals surface area contributed by atoms with Gasteiger partial charge in [0.05, 0.1) is 16.3 Å². The van der Waals surface area contributed by atoms with Crippen LogP contribution < -0.4 is 4.72 Å². The van der Waals surface area contributed by atoms with E-state index < -0.39 is 10.0 Å². The van der Waals surface area contributed by atoms with Crippen LogP contribution >= 0.6 is 11.3 Å². The second-order valence-electron chi connectivity index (χ2n) is 6.82. The summed E-state index contributed by atoms with van der Waals surface area (Å²) < 4.78 is 26.5. The highest BCUT2D eigenvalue weighted by Gasteiger charge is 2.21. The van der Waals surface area contributed by atoms with Crippen molar-refractivity contribution in [2.75, 3.05) is 10.5 Å². The standard InChI is InChI=1S/C21H22N2O2S2/c1-2-27(24,25)23-21-22-19(20(26-21)18-7-4-3-5-8-18)17-13-11-16(12-14-17)15-9-6-10-15/h3-5,7-8,11-15H,2,6,9-10H2,1H3,(H,22,23). The Bertz CT molecular complexity index is 1020. The molecule has 4 rings (SSSR count). The smallest absolute Gasteiger partial charge is 0.234 e. The lowest BCUT2D eigenvalue weighted by atomic mass is 9.80. The van der Waals surface area contributed by atoms with E-state index in [2.05, 4.69) is 34.0 Å². The van der Waals surface area contributed by atoms with Gasteiger partial charge in [-0.1, -0.05) is 72.4 Å². The quantitative estimate of drug-likeness (QED) is 0.596. The molecule has 0 spiro atoms. The molecular weight excluding hydrogens is 376 g/mol. The van der Waals surface area contributed by atoms with Crippen molar-refractivity contribution in [1.29, 1.82) is 0 Å². The summed E-state index contributed by atoms with van der Waals surface area (Å²) >= 11 is 1.37. The zero-order valence-electron chi connectivity index (χ0n) is 15.2. The van der Waals surface area contributed by atoms with Crippen LogP contribution in [0.3, 0.4) is 0 Å². The van der Waals surface area contributed by atoms with Crippen molar-refractivity contribution >= 4 is 26.5 Å². The summed E-state index contributed by atoms with van der Waals surface area (Å²) in [6, 6.07) is 18.6. The average molecular weight is 399 g/mol. The second-order valence-corrected chi connectivity index (χ2v) is 9.83. The molecule has 2 aromatic carbocycles. The summed E-state index contributed by atoms with van der Waals surface area (Å²) in [7, 11) is -3.36. The minimum Gasteiger partial charge on any atom is -0.259 e. The van der Waals surface area contributed by atoms with Crippen LogP contribution in [-0.4, -0.2) is 19.2 Å². The predicted molar refractivity (Wildman–Crippen MR) is 113 cm³/mol. The van der Waals surface area contributed by atoms with Gasteiger partial charge in [-0.3, -0.25) is 4.72 Å². The Kier molecular flexibility index (Phi) is 5.02. The van der Waals surface area contributed by atoms with Crippen molar-refractivity contribution in [3.8, 4) is 21.7 Å². The third kappa shape index (κ3) is 3.92. The Morgan fingerprint density at radius 1 is 1.04 bits per heavy atom. The molecule has 1 heterocycles. The summed E-state index contributed by atoms with van der Waals surface area (Å²) in [5.41, 5.74) is 4.25. The van der Waals surface area contributed by atoms with E-state index in [4.69, 9.17) is 0 Å². The maximum atomic E-state index is 12.0. The summed E-state index contributed by atoms with van der Waals surface area (Å²) in [4.78, 5) is 5.60. The average Bonchev–Trinajstić information content (AvgIpc) is 3.05. The van der Waals surface area contributed by atoms with Crippen LogP contribution in [0.25, 0.3) is 21.7 Å². The van der Waals surface area contributed by atoms with Crippen LogP contribution in [0.1, 0.15) is 37.7 Å². The Morgan fingerprint density at radius 3 is 2.33 bits per heavy atom. The molecule has 1 aliphatic carbocycles. The fourth-order valence-corrected chi connectivity index (χ4v) is 5.05. The number of hydrogen-bond acceptors (Lipinski definition) is 4. The Labute approximate surface area is 164 Å². The van der Waals surface area contributed by atoms with Gasteiger partial charge in [-0.25, -0.2) is 13.4 Å². The number of rotatable bonds is 6. The number of nitrogens with one attached hydrogen (secondary N) is 1. The molecule has 3 aromatic rings. The van der Waals surface area contributed by atoms with Gasteiger partial charge in [-0.2, -0.15) is 0 Å². The van der Waals surface area contributed by atoms with Crippen LogP contribution in [0.15, 0.2) is 54.6 Å². The molecular formula is C21H22N2O2S2. The maximum absolute atomic E-state index is 12.0. The molecule has 0 radical (unpaired) electrons. The molecule has 0 unspecified atom stereocenters. The summed E-state index contributed by atoms with van der Waals surface area (Å²) in [5, 5.41) is 0.411. The molecule has 0 amide bonds. The molecule has 1 aromatic heterocycles. The third-order valence-electron chi connectivity index (χ3n) is 5.05. The van der Waals surface area contributed by atoms with E-state index in [-0.39, 0.29) is 5.75 Å². The molecule has 0 bridgehead atoms. The lowest BCUT2D eigenvalue weighted by Gasteiger charge is -2.25. The van der Waals surface area contributed by atoms with Crippen molar-refractivity contribution in [1.82, 2.24) is 4.98 Å². The molecule has 0 atom stereocenters. The fraction of sp³-hybridized carbons (Fsp3) is 0.286. The van der Waals surface area contributed by atoms with Crippen LogP contribution in [0, 0.1) is 0 Å². The summed E-state index contributed by atoms with van der Waals surface area (Å²) in [6.45, 7) is 1.62. The molecule has 1 fully saturated rings. The Morgan fingerprint density at radius 2 is 1.74 bits per heavy atom. The molecule has 4 nitrogen and oxygen atoms in total. The van der Waals surface area contributed by atoms with Gasteiger partial charge in [0, 0.05) is 5.56 Å². The molecule has 1 aliphatic rings. The van der Waals surface area contributed by atoms with Gasteiger partial charge in [0.1, 0.15) is 0 Å². The van der Waals surface area contributed by atoms with Crippen LogP contribution in [-0.2, 0) is 10.0 Å². The summed E-state index contributed by atoms with van der Waals surface area (Å²) in [5.74, 6) is 0.716. The highest BCUT2D eigenvalue weighted by Crippen LogP contribution is 2.41. The lowest BCUT2D eigenvalue weighted by Crippen LogP contribution is -2.14. The van der Waals surface area contributed by atoms with Gasteiger partial charge in [-0.15, -0.1) is 0 Å².